The summed E-state index contributed by atoms with van der Waals surface area (Å²) in [6.45, 7) is 1.96. The monoisotopic (exact) mass is 532 g/mol. The van der Waals surface area contributed by atoms with Gasteiger partial charge in [0.15, 0.2) is 17.5 Å². The van der Waals surface area contributed by atoms with E-state index in [9.17, 15) is 14.4 Å². The van der Waals surface area contributed by atoms with Gasteiger partial charge in [0.2, 0.25) is 0 Å². The number of nitrogens with one attached hydrogen (secondary N) is 1. The number of hydrogen-bond donors (Lipinski definition) is 1. The quantitative estimate of drug-likeness (QED) is 0.179. The van der Waals surface area contributed by atoms with Gasteiger partial charge >= 0.3 is 0 Å². The number of nitrogens with zero attached hydrogens (tertiary/aromatic N) is 2. The third-order valence-electron chi connectivity index (χ3n) is 5.27. The van der Waals surface area contributed by atoms with Crippen molar-refractivity contribution in [3.05, 3.63) is 104 Å². The zero-order chi connectivity index (χ0) is 25.2. The second-order valence-electron chi connectivity index (χ2n) is 7.77. The predicted octanol–water partition coefficient (Wildman–Crippen LogP) is 4.38. The first kappa shape index (κ1) is 23.7. The van der Waals surface area contributed by atoms with Gasteiger partial charge in [-0.25, -0.2) is 0 Å². The number of thiocarbonyl (C=S) groups is 1. The fourth-order valence-corrected chi connectivity index (χ4v) is 5.80. The van der Waals surface area contributed by atoms with Crippen molar-refractivity contribution in [1.82, 2.24) is 5.32 Å². The lowest BCUT2D eigenvalue weighted by Crippen LogP contribution is -2.54. The van der Waals surface area contributed by atoms with Crippen LogP contribution in [-0.2, 0) is 9.59 Å². The van der Waals surface area contributed by atoms with Crippen molar-refractivity contribution >= 4 is 63.6 Å². The van der Waals surface area contributed by atoms with Crippen molar-refractivity contribution in [2.24, 2.45) is 0 Å². The normalized spacial score (nSPS) is 14.8. The number of pyridine rings is 1. The minimum absolute atomic E-state index is 0.0227. The van der Waals surface area contributed by atoms with Crippen LogP contribution in [0.3, 0.4) is 0 Å². The Hall–Kier alpha value is -3.99. The summed E-state index contributed by atoms with van der Waals surface area (Å²) >= 11 is 7.33. The van der Waals surface area contributed by atoms with Crippen LogP contribution in [0.25, 0.3) is 11.1 Å². The summed E-state index contributed by atoms with van der Waals surface area (Å²) in [5.74, 6) is 0.0782. The largest absolute Gasteiger partial charge is 0.457 e. The highest BCUT2D eigenvalue weighted by Gasteiger charge is 2.35. The minimum Gasteiger partial charge on any atom is -0.457 e. The first-order valence-electron chi connectivity index (χ1n) is 10.8. The first-order valence-corrected chi connectivity index (χ1v) is 12.8. The number of ether oxygens (including phenoxy) is 1. The van der Waals surface area contributed by atoms with Crippen LogP contribution in [0.4, 0.5) is 5.69 Å². The van der Waals surface area contributed by atoms with Gasteiger partial charge in [-0.2, -0.15) is 4.57 Å². The van der Waals surface area contributed by atoms with Crippen LogP contribution in [-0.4, -0.2) is 16.9 Å². The molecule has 0 aliphatic carbocycles. The minimum atomic E-state index is -0.615. The summed E-state index contributed by atoms with van der Waals surface area (Å²) in [4.78, 5) is 40.2. The molecule has 0 saturated carbocycles. The fourth-order valence-electron chi connectivity index (χ4n) is 3.50. The van der Waals surface area contributed by atoms with E-state index in [1.54, 1.807) is 28.8 Å². The molecule has 0 spiro atoms. The van der Waals surface area contributed by atoms with Crippen molar-refractivity contribution in [1.29, 1.82) is 0 Å². The number of benzene rings is 2. The average molecular weight is 533 g/mol. The van der Waals surface area contributed by atoms with Gasteiger partial charge in [0.25, 0.3) is 20.9 Å². The van der Waals surface area contributed by atoms with E-state index in [-0.39, 0.29) is 14.7 Å². The molecule has 0 radical (unpaired) electrons. The molecule has 3 heterocycles. The van der Waals surface area contributed by atoms with Crippen LogP contribution >= 0.6 is 34.9 Å². The van der Waals surface area contributed by atoms with Crippen molar-refractivity contribution in [2.75, 3.05) is 4.90 Å². The van der Waals surface area contributed by atoms with E-state index < -0.39 is 11.8 Å². The molecule has 1 saturated heterocycles. The molecule has 0 bridgehead atoms. The zero-order valence-corrected chi connectivity index (χ0v) is 21.3. The van der Waals surface area contributed by atoms with Crippen molar-refractivity contribution in [3.8, 4) is 16.5 Å². The van der Waals surface area contributed by atoms with Crippen LogP contribution in [0.2, 0.25) is 0 Å². The van der Waals surface area contributed by atoms with Gasteiger partial charge in [-0.1, -0.05) is 29.5 Å². The number of carbonyl (C=O) groups is 2. The van der Waals surface area contributed by atoms with Crippen molar-refractivity contribution in [2.45, 2.75) is 6.92 Å². The van der Waals surface area contributed by atoms with Gasteiger partial charge in [0.05, 0.1) is 5.69 Å². The summed E-state index contributed by atoms with van der Waals surface area (Å²) in [5.41, 5.74) is 1.43. The van der Waals surface area contributed by atoms with Crippen LogP contribution in [0.15, 0.2) is 89.5 Å². The number of aromatic nitrogens is 1. The van der Waals surface area contributed by atoms with Gasteiger partial charge in [0.1, 0.15) is 21.9 Å². The number of rotatable bonds is 5. The van der Waals surface area contributed by atoms with E-state index in [0.717, 1.165) is 28.2 Å². The Morgan fingerprint density at radius 3 is 2.28 bits per heavy atom. The van der Waals surface area contributed by atoms with Gasteiger partial charge in [-0.3, -0.25) is 24.6 Å². The molecule has 2 aromatic heterocycles. The predicted molar refractivity (Wildman–Crippen MR) is 144 cm³/mol. The molecule has 0 unspecified atom stereocenters. The van der Waals surface area contributed by atoms with Crippen LogP contribution in [0, 0.1) is 6.92 Å². The van der Waals surface area contributed by atoms with Gasteiger partial charge < -0.3 is 4.74 Å². The third-order valence-corrected chi connectivity index (χ3v) is 7.67. The molecule has 2 aromatic carbocycles. The summed E-state index contributed by atoms with van der Waals surface area (Å²) < 4.78 is 7.46. The lowest BCUT2D eigenvalue weighted by Gasteiger charge is -2.28. The molecule has 2 amide bonds. The molecule has 7 nitrogen and oxygen atoms in total. The maximum absolute atomic E-state index is 13.4. The molecule has 5 rings (SSSR count). The van der Waals surface area contributed by atoms with Crippen LogP contribution in [0.5, 0.6) is 11.5 Å². The van der Waals surface area contributed by atoms with Crippen molar-refractivity contribution in [3.63, 3.8) is 0 Å². The van der Waals surface area contributed by atoms with Crippen LogP contribution < -0.4 is 23.6 Å². The highest BCUT2D eigenvalue weighted by atomic mass is 32.2. The summed E-state index contributed by atoms with van der Waals surface area (Å²) in [6, 6.07) is 20.0. The van der Waals surface area contributed by atoms with E-state index in [0.29, 0.717) is 27.1 Å². The number of aryl methyl sites for hydroxylation is 1. The third kappa shape index (κ3) is 4.87. The maximum atomic E-state index is 13.4. The highest BCUT2D eigenvalue weighted by molar-refractivity contribution is 7.80. The van der Waals surface area contributed by atoms with E-state index in [1.165, 1.54) is 11.0 Å². The molecule has 4 aromatic rings. The lowest BCUT2D eigenvalue weighted by atomic mass is 10.1. The van der Waals surface area contributed by atoms with Crippen molar-refractivity contribution < 1.29 is 18.9 Å². The Bertz CT molecular complexity index is 1560. The summed E-state index contributed by atoms with van der Waals surface area (Å²) in [5, 5.41) is 3.18. The smallest absolute Gasteiger partial charge is 0.294 e. The molecule has 1 aliphatic heterocycles. The van der Waals surface area contributed by atoms with Gasteiger partial charge in [-0.05, 0) is 78.5 Å². The second kappa shape index (κ2) is 9.94. The number of anilines is 1. The Morgan fingerprint density at radius 1 is 0.917 bits per heavy atom. The fraction of sp³-hybridized carbons (Fsp3) is 0.0385. The summed E-state index contributed by atoms with van der Waals surface area (Å²) in [7, 11) is 0. The Kier molecular flexibility index (Phi) is 6.55. The topological polar surface area (TPSA) is 79.6 Å². The molecule has 1 N–H and O–H groups in total. The first-order chi connectivity index (χ1) is 17.4. The van der Waals surface area contributed by atoms with E-state index in [4.69, 9.17) is 17.0 Å². The summed E-state index contributed by atoms with van der Waals surface area (Å²) in [6.07, 6.45) is 5.11. The lowest BCUT2D eigenvalue weighted by molar-refractivity contribution is -0.591. The van der Waals surface area contributed by atoms with Gasteiger partial charge in [0, 0.05) is 12.1 Å². The standard InChI is InChI=1S/C26H17N3O4S3/c1-16-11-13-28(14-12-16)24-21(35-26(32)36-24)15-20-22(30)27-25(34)29(23(20)31)17-7-9-19(10-8-17)33-18-5-3-2-4-6-18/h2-15H,1H3/p+1. The average Bonchev–Trinajstić information content (AvgIpc) is 3.24. The Morgan fingerprint density at radius 2 is 1.58 bits per heavy atom. The molecule has 0 atom stereocenters. The molecule has 10 heteroatoms. The Balaban J connectivity index is 1.46. The maximum Gasteiger partial charge on any atom is 0.294 e. The van der Waals surface area contributed by atoms with Gasteiger partial charge in [-0.15, -0.1) is 0 Å². The SMILES string of the molecule is Cc1cc[n+](-c2sc(=O)sc2C=C2C(=O)NC(=S)N(c3ccc(Oc4ccccc4)cc3)C2=O)cc1. The number of carbonyl (C=O) groups excluding carboxylic acids is 2. The molecule has 1 aliphatic rings. The highest BCUT2D eigenvalue weighted by Crippen LogP contribution is 2.28. The molecule has 1 fully saturated rings. The van der Waals surface area contributed by atoms with Crippen LogP contribution in [0.1, 0.15) is 10.4 Å². The van der Waals surface area contributed by atoms with E-state index >= 15 is 0 Å². The molecule has 36 heavy (non-hydrogen) atoms. The molecular formula is C26H18N3O4S3+. The zero-order valence-electron chi connectivity index (χ0n) is 18.8. The van der Waals surface area contributed by atoms with E-state index in [2.05, 4.69) is 5.32 Å². The number of para-hydroxylation sites is 1. The number of hydrogen-bond acceptors (Lipinski definition) is 7. The second-order valence-corrected chi connectivity index (χ2v) is 10.4. The number of amides is 2. The molecular weight excluding hydrogens is 515 g/mol. The Labute approximate surface area is 219 Å². The molecule has 178 valence electrons. The van der Waals surface area contributed by atoms with E-state index in [1.807, 2.05) is 61.8 Å².